The molecule has 1 aliphatic rings. The Morgan fingerprint density at radius 2 is 1.92 bits per heavy atom. The molecule has 1 aliphatic carbocycles. The number of hydrogen-bond donors (Lipinski definition) is 1. The predicted octanol–water partition coefficient (Wildman–Crippen LogP) is 2.03. The molecule has 1 aromatic rings. The standard InChI is InChI=1S/C11H14O/c1-8-10(7-12)11(8)9-5-3-2-4-6-9/h2-6,8,10-12H,7H2,1H3/t8-,10-,11+/m0/s1. The van der Waals surface area contributed by atoms with Crippen molar-refractivity contribution in [1.29, 1.82) is 0 Å². The van der Waals surface area contributed by atoms with E-state index in [-0.39, 0.29) is 0 Å². The summed E-state index contributed by atoms with van der Waals surface area (Å²) in [6.45, 7) is 2.54. The van der Waals surface area contributed by atoms with Crippen molar-refractivity contribution in [3.05, 3.63) is 35.9 Å². The summed E-state index contributed by atoms with van der Waals surface area (Å²) in [5.41, 5.74) is 1.38. The van der Waals surface area contributed by atoms with Gasteiger partial charge in [-0.15, -0.1) is 0 Å². The average molecular weight is 162 g/mol. The van der Waals surface area contributed by atoms with Gasteiger partial charge in [-0.25, -0.2) is 0 Å². The highest BCUT2D eigenvalue weighted by Crippen LogP contribution is 2.53. The van der Waals surface area contributed by atoms with E-state index >= 15 is 0 Å². The SMILES string of the molecule is C[C@H]1[C@H](CO)[C@H]1c1ccccc1. The Morgan fingerprint density at radius 1 is 1.25 bits per heavy atom. The fraction of sp³-hybridized carbons (Fsp3) is 0.455. The summed E-state index contributed by atoms with van der Waals surface area (Å²) < 4.78 is 0. The van der Waals surface area contributed by atoms with E-state index < -0.39 is 0 Å². The molecule has 0 aromatic heterocycles. The Morgan fingerprint density at radius 3 is 2.42 bits per heavy atom. The largest absolute Gasteiger partial charge is 0.396 e. The first-order chi connectivity index (χ1) is 5.84. The third-order valence-corrected chi connectivity index (χ3v) is 2.96. The summed E-state index contributed by atoms with van der Waals surface area (Å²) in [6, 6.07) is 10.5. The zero-order valence-electron chi connectivity index (χ0n) is 7.27. The monoisotopic (exact) mass is 162 g/mol. The van der Waals surface area contributed by atoms with Crippen molar-refractivity contribution < 1.29 is 5.11 Å². The van der Waals surface area contributed by atoms with Crippen LogP contribution in [0.5, 0.6) is 0 Å². The first-order valence-corrected chi connectivity index (χ1v) is 4.50. The second-order valence-electron chi connectivity index (χ2n) is 3.64. The zero-order chi connectivity index (χ0) is 8.55. The van der Waals surface area contributed by atoms with Crippen molar-refractivity contribution in [2.24, 2.45) is 11.8 Å². The summed E-state index contributed by atoms with van der Waals surface area (Å²) in [4.78, 5) is 0. The lowest BCUT2D eigenvalue weighted by atomic mass is 10.1. The summed E-state index contributed by atoms with van der Waals surface area (Å²) in [5.74, 6) is 1.78. The van der Waals surface area contributed by atoms with E-state index in [0.29, 0.717) is 24.4 Å². The molecule has 0 aliphatic heterocycles. The van der Waals surface area contributed by atoms with Gasteiger partial charge in [0.25, 0.3) is 0 Å². The quantitative estimate of drug-likeness (QED) is 0.705. The van der Waals surface area contributed by atoms with Crippen molar-refractivity contribution in [1.82, 2.24) is 0 Å². The Balaban J connectivity index is 2.14. The maximum atomic E-state index is 9.01. The highest BCUT2D eigenvalue weighted by molar-refractivity contribution is 5.27. The van der Waals surface area contributed by atoms with Crippen molar-refractivity contribution in [3.8, 4) is 0 Å². The highest BCUT2D eigenvalue weighted by Gasteiger charge is 2.46. The van der Waals surface area contributed by atoms with Gasteiger partial charge < -0.3 is 5.11 Å². The van der Waals surface area contributed by atoms with Crippen molar-refractivity contribution in [2.75, 3.05) is 6.61 Å². The molecule has 64 valence electrons. The molecule has 2 rings (SSSR count). The third kappa shape index (κ3) is 1.14. The number of aliphatic hydroxyl groups excluding tert-OH is 1. The summed E-state index contributed by atoms with van der Waals surface area (Å²) in [6.07, 6.45) is 0. The van der Waals surface area contributed by atoms with Crippen LogP contribution in [0.1, 0.15) is 18.4 Å². The van der Waals surface area contributed by atoms with Crippen molar-refractivity contribution in [3.63, 3.8) is 0 Å². The molecule has 0 unspecified atom stereocenters. The van der Waals surface area contributed by atoms with E-state index in [1.165, 1.54) is 5.56 Å². The third-order valence-electron chi connectivity index (χ3n) is 2.96. The molecule has 0 radical (unpaired) electrons. The fourth-order valence-corrected chi connectivity index (χ4v) is 2.05. The van der Waals surface area contributed by atoms with Crippen LogP contribution in [0, 0.1) is 11.8 Å². The van der Waals surface area contributed by atoms with Gasteiger partial charge in [-0.2, -0.15) is 0 Å². The highest BCUT2D eigenvalue weighted by atomic mass is 16.3. The zero-order valence-corrected chi connectivity index (χ0v) is 7.27. The molecule has 0 bridgehead atoms. The molecule has 3 atom stereocenters. The Hall–Kier alpha value is -0.820. The van der Waals surface area contributed by atoms with Gasteiger partial charge in [-0.1, -0.05) is 37.3 Å². The first kappa shape index (κ1) is 7.81. The molecule has 1 saturated carbocycles. The second-order valence-corrected chi connectivity index (χ2v) is 3.64. The van der Waals surface area contributed by atoms with Crippen molar-refractivity contribution in [2.45, 2.75) is 12.8 Å². The minimum atomic E-state index is 0.334. The van der Waals surface area contributed by atoms with Crippen LogP contribution in [0.3, 0.4) is 0 Å². The first-order valence-electron chi connectivity index (χ1n) is 4.50. The van der Waals surface area contributed by atoms with Gasteiger partial charge in [0.15, 0.2) is 0 Å². The Bertz CT molecular complexity index is 255. The van der Waals surface area contributed by atoms with E-state index in [2.05, 4.69) is 31.2 Å². The number of hydrogen-bond acceptors (Lipinski definition) is 1. The van der Waals surface area contributed by atoms with Crippen LogP contribution in [0.15, 0.2) is 30.3 Å². The van der Waals surface area contributed by atoms with Crippen molar-refractivity contribution >= 4 is 0 Å². The van der Waals surface area contributed by atoms with Gasteiger partial charge in [-0.3, -0.25) is 0 Å². The Labute approximate surface area is 73.0 Å². The van der Waals surface area contributed by atoms with Crippen LogP contribution in [0.2, 0.25) is 0 Å². The molecule has 1 heteroatoms. The molecule has 0 saturated heterocycles. The van der Waals surface area contributed by atoms with E-state index in [0.717, 1.165) is 0 Å². The maximum Gasteiger partial charge on any atom is 0.0467 e. The molecule has 1 N–H and O–H groups in total. The fourth-order valence-electron chi connectivity index (χ4n) is 2.05. The van der Waals surface area contributed by atoms with E-state index in [1.807, 2.05) is 6.07 Å². The molecule has 1 aromatic carbocycles. The topological polar surface area (TPSA) is 20.2 Å². The van der Waals surface area contributed by atoms with E-state index in [1.54, 1.807) is 0 Å². The van der Waals surface area contributed by atoms with Gasteiger partial charge in [0.05, 0.1) is 0 Å². The van der Waals surface area contributed by atoms with Crippen LogP contribution in [0.25, 0.3) is 0 Å². The average Bonchev–Trinajstić information content (AvgIpc) is 2.78. The lowest BCUT2D eigenvalue weighted by Gasteiger charge is -1.96. The minimum absolute atomic E-state index is 0.334. The van der Waals surface area contributed by atoms with Gasteiger partial charge in [0.1, 0.15) is 0 Å². The van der Waals surface area contributed by atoms with Crippen LogP contribution < -0.4 is 0 Å². The van der Waals surface area contributed by atoms with Crippen LogP contribution in [0.4, 0.5) is 0 Å². The van der Waals surface area contributed by atoms with Gasteiger partial charge >= 0.3 is 0 Å². The molecule has 12 heavy (non-hydrogen) atoms. The van der Waals surface area contributed by atoms with Gasteiger partial charge in [-0.05, 0) is 23.3 Å². The Kier molecular flexibility index (Phi) is 1.89. The summed E-state index contributed by atoms with van der Waals surface area (Å²) in [7, 11) is 0. The lowest BCUT2D eigenvalue weighted by Crippen LogP contribution is -1.87. The smallest absolute Gasteiger partial charge is 0.0467 e. The van der Waals surface area contributed by atoms with Crippen LogP contribution in [-0.4, -0.2) is 11.7 Å². The van der Waals surface area contributed by atoms with Gasteiger partial charge in [0, 0.05) is 6.61 Å². The molecule has 1 nitrogen and oxygen atoms in total. The minimum Gasteiger partial charge on any atom is -0.396 e. The van der Waals surface area contributed by atoms with E-state index in [9.17, 15) is 0 Å². The summed E-state index contributed by atoms with van der Waals surface area (Å²) >= 11 is 0. The van der Waals surface area contributed by atoms with Crippen LogP contribution >= 0.6 is 0 Å². The molecule has 0 amide bonds. The lowest BCUT2D eigenvalue weighted by molar-refractivity contribution is 0.268. The maximum absolute atomic E-state index is 9.01. The normalized spacial score (nSPS) is 33.3. The number of aliphatic hydroxyl groups is 1. The second kappa shape index (κ2) is 2.91. The van der Waals surface area contributed by atoms with Crippen LogP contribution in [-0.2, 0) is 0 Å². The molecule has 0 heterocycles. The number of benzene rings is 1. The summed E-state index contributed by atoms with van der Waals surface area (Å²) in [5, 5.41) is 9.01. The van der Waals surface area contributed by atoms with E-state index in [4.69, 9.17) is 5.11 Å². The molecule has 0 spiro atoms. The molecular weight excluding hydrogens is 148 g/mol. The van der Waals surface area contributed by atoms with Gasteiger partial charge in [0.2, 0.25) is 0 Å². The number of rotatable bonds is 2. The molecule has 1 fully saturated rings. The molecular formula is C11H14O. The predicted molar refractivity (Wildman–Crippen MR) is 48.9 cm³/mol.